The van der Waals surface area contributed by atoms with Crippen molar-refractivity contribution in [3.8, 4) is 0 Å². The Balaban J connectivity index is 2.37. The average Bonchev–Trinajstić information content (AvgIpc) is 2.40. The van der Waals surface area contributed by atoms with E-state index >= 15 is 0 Å². The Kier molecular flexibility index (Phi) is 4.15. The molecule has 0 fully saturated rings. The lowest BCUT2D eigenvalue weighted by Gasteiger charge is -2.27. The molecule has 0 saturated heterocycles. The summed E-state index contributed by atoms with van der Waals surface area (Å²) in [4.78, 5) is 14.2. The molecule has 1 aliphatic heterocycles. The monoisotopic (exact) mass is 245 g/mol. The van der Waals surface area contributed by atoms with Crippen LogP contribution in [-0.2, 0) is 9.53 Å². The lowest BCUT2D eigenvalue weighted by atomic mass is 9.94. The minimum absolute atomic E-state index is 0.163. The van der Waals surface area contributed by atoms with Crippen molar-refractivity contribution in [3.63, 3.8) is 0 Å². The molecule has 0 saturated carbocycles. The number of hydrogen-bond acceptors (Lipinski definition) is 3. The largest absolute Gasteiger partial charge is 0.463 e. The van der Waals surface area contributed by atoms with Crippen molar-refractivity contribution in [3.05, 3.63) is 41.5 Å². The van der Waals surface area contributed by atoms with Gasteiger partial charge < -0.3 is 9.64 Å². The fourth-order valence-electron chi connectivity index (χ4n) is 2.25. The van der Waals surface area contributed by atoms with Gasteiger partial charge in [0.2, 0.25) is 0 Å². The van der Waals surface area contributed by atoms with Gasteiger partial charge in [-0.25, -0.2) is 4.79 Å². The lowest BCUT2D eigenvalue weighted by Crippen LogP contribution is -2.30. The standard InChI is InChI=1S/C15H19NO2/c1-3-18-15(17)13-9-10-16(2)11-14(13)12-7-5-4-6-8-12/h4-8H,3,9-11H2,1-2H3. The summed E-state index contributed by atoms with van der Waals surface area (Å²) in [5, 5.41) is 0. The molecule has 0 atom stereocenters. The third kappa shape index (κ3) is 2.79. The first-order valence-corrected chi connectivity index (χ1v) is 6.35. The van der Waals surface area contributed by atoms with Gasteiger partial charge in [0.05, 0.1) is 6.61 Å². The van der Waals surface area contributed by atoms with E-state index in [9.17, 15) is 4.79 Å². The zero-order valence-electron chi connectivity index (χ0n) is 11.0. The lowest BCUT2D eigenvalue weighted by molar-refractivity contribution is -0.138. The van der Waals surface area contributed by atoms with E-state index in [4.69, 9.17) is 4.74 Å². The van der Waals surface area contributed by atoms with Gasteiger partial charge >= 0.3 is 5.97 Å². The summed E-state index contributed by atoms with van der Waals surface area (Å²) in [6.45, 7) is 3.98. The summed E-state index contributed by atoms with van der Waals surface area (Å²) >= 11 is 0. The molecular weight excluding hydrogens is 226 g/mol. The fraction of sp³-hybridized carbons (Fsp3) is 0.400. The van der Waals surface area contributed by atoms with Crippen LogP contribution in [0.2, 0.25) is 0 Å². The number of esters is 1. The first-order valence-electron chi connectivity index (χ1n) is 6.35. The molecule has 0 N–H and O–H groups in total. The quantitative estimate of drug-likeness (QED) is 0.765. The van der Waals surface area contributed by atoms with Crippen molar-refractivity contribution < 1.29 is 9.53 Å². The molecule has 0 aliphatic carbocycles. The third-order valence-corrected chi connectivity index (χ3v) is 3.18. The number of rotatable bonds is 3. The second kappa shape index (κ2) is 5.83. The molecule has 96 valence electrons. The van der Waals surface area contributed by atoms with E-state index in [2.05, 4.69) is 11.9 Å². The minimum atomic E-state index is -0.163. The molecule has 0 radical (unpaired) electrons. The van der Waals surface area contributed by atoms with Crippen molar-refractivity contribution in [1.82, 2.24) is 4.90 Å². The first-order chi connectivity index (χ1) is 8.72. The molecule has 1 heterocycles. The van der Waals surface area contributed by atoms with E-state index in [1.807, 2.05) is 37.3 Å². The Labute approximate surface area is 108 Å². The summed E-state index contributed by atoms with van der Waals surface area (Å²) in [5.41, 5.74) is 3.05. The maximum atomic E-state index is 12.0. The van der Waals surface area contributed by atoms with Crippen LogP contribution in [0.4, 0.5) is 0 Å². The number of carbonyl (C=O) groups excluding carboxylic acids is 1. The maximum Gasteiger partial charge on any atom is 0.334 e. The van der Waals surface area contributed by atoms with Crippen molar-refractivity contribution in [1.29, 1.82) is 0 Å². The summed E-state index contributed by atoms with van der Waals surface area (Å²) in [5.74, 6) is -0.163. The molecule has 1 aromatic rings. The van der Waals surface area contributed by atoms with Crippen LogP contribution in [-0.4, -0.2) is 37.6 Å². The number of hydrogen-bond donors (Lipinski definition) is 0. The number of nitrogens with zero attached hydrogens (tertiary/aromatic N) is 1. The topological polar surface area (TPSA) is 29.5 Å². The highest BCUT2D eigenvalue weighted by Gasteiger charge is 2.23. The van der Waals surface area contributed by atoms with Crippen LogP contribution >= 0.6 is 0 Å². The van der Waals surface area contributed by atoms with Gasteiger partial charge in [-0.3, -0.25) is 0 Å². The first kappa shape index (κ1) is 12.8. The van der Waals surface area contributed by atoms with Gasteiger partial charge in [-0.2, -0.15) is 0 Å². The van der Waals surface area contributed by atoms with Gasteiger partial charge in [0.25, 0.3) is 0 Å². The van der Waals surface area contributed by atoms with Crippen LogP contribution in [0.3, 0.4) is 0 Å². The van der Waals surface area contributed by atoms with Crippen molar-refractivity contribution in [2.24, 2.45) is 0 Å². The Morgan fingerprint density at radius 1 is 1.33 bits per heavy atom. The maximum absolute atomic E-state index is 12.0. The summed E-state index contributed by atoms with van der Waals surface area (Å²) in [6.07, 6.45) is 0.763. The smallest absolute Gasteiger partial charge is 0.334 e. The van der Waals surface area contributed by atoms with E-state index in [0.29, 0.717) is 6.61 Å². The Morgan fingerprint density at radius 3 is 2.72 bits per heavy atom. The molecule has 0 aromatic heterocycles. The number of ether oxygens (including phenoxy) is 1. The van der Waals surface area contributed by atoms with Crippen LogP contribution in [0.5, 0.6) is 0 Å². The van der Waals surface area contributed by atoms with Gasteiger partial charge in [0.15, 0.2) is 0 Å². The van der Waals surface area contributed by atoms with Gasteiger partial charge in [0.1, 0.15) is 0 Å². The molecular formula is C15H19NO2. The predicted octanol–water partition coefficient (Wildman–Crippen LogP) is 2.34. The molecule has 3 heteroatoms. The van der Waals surface area contributed by atoms with Crippen LogP contribution in [0, 0.1) is 0 Å². The van der Waals surface area contributed by atoms with Crippen LogP contribution in [0.15, 0.2) is 35.9 Å². The van der Waals surface area contributed by atoms with Crippen molar-refractivity contribution in [2.75, 3.05) is 26.7 Å². The number of benzene rings is 1. The van der Waals surface area contributed by atoms with Crippen LogP contribution < -0.4 is 0 Å². The highest BCUT2D eigenvalue weighted by Crippen LogP contribution is 2.26. The molecule has 0 amide bonds. The van der Waals surface area contributed by atoms with Gasteiger partial charge in [0, 0.05) is 18.7 Å². The molecule has 0 bridgehead atoms. The van der Waals surface area contributed by atoms with Crippen LogP contribution in [0.1, 0.15) is 18.9 Å². The molecule has 1 aliphatic rings. The van der Waals surface area contributed by atoms with Gasteiger partial charge in [-0.05, 0) is 31.5 Å². The number of carbonyl (C=O) groups is 1. The van der Waals surface area contributed by atoms with Crippen LogP contribution in [0.25, 0.3) is 5.57 Å². The SMILES string of the molecule is CCOC(=O)C1=C(c2ccccc2)CN(C)CC1. The summed E-state index contributed by atoms with van der Waals surface area (Å²) in [6, 6.07) is 10.1. The Morgan fingerprint density at radius 2 is 2.06 bits per heavy atom. The Hall–Kier alpha value is -1.61. The normalized spacial score (nSPS) is 16.8. The van der Waals surface area contributed by atoms with Gasteiger partial charge in [-0.1, -0.05) is 30.3 Å². The average molecular weight is 245 g/mol. The van der Waals surface area contributed by atoms with E-state index in [1.165, 1.54) is 0 Å². The highest BCUT2D eigenvalue weighted by molar-refractivity contribution is 5.98. The molecule has 18 heavy (non-hydrogen) atoms. The van der Waals surface area contributed by atoms with Crippen molar-refractivity contribution >= 4 is 11.5 Å². The zero-order chi connectivity index (χ0) is 13.0. The van der Waals surface area contributed by atoms with E-state index < -0.39 is 0 Å². The fourth-order valence-corrected chi connectivity index (χ4v) is 2.25. The molecule has 3 nitrogen and oxygen atoms in total. The highest BCUT2D eigenvalue weighted by atomic mass is 16.5. The molecule has 0 spiro atoms. The molecule has 0 unspecified atom stereocenters. The second-order valence-corrected chi connectivity index (χ2v) is 4.53. The predicted molar refractivity (Wildman–Crippen MR) is 72.1 cm³/mol. The molecule has 2 rings (SSSR count). The van der Waals surface area contributed by atoms with Gasteiger partial charge in [-0.15, -0.1) is 0 Å². The summed E-state index contributed by atoms with van der Waals surface area (Å²) < 4.78 is 5.15. The summed E-state index contributed by atoms with van der Waals surface area (Å²) in [7, 11) is 2.07. The Bertz CT molecular complexity index is 451. The second-order valence-electron chi connectivity index (χ2n) is 4.53. The van der Waals surface area contributed by atoms with E-state index in [1.54, 1.807) is 0 Å². The minimum Gasteiger partial charge on any atom is -0.463 e. The zero-order valence-corrected chi connectivity index (χ0v) is 11.0. The molecule has 1 aromatic carbocycles. The van der Waals surface area contributed by atoms with E-state index in [-0.39, 0.29) is 5.97 Å². The number of likely N-dealkylation sites (N-methyl/N-ethyl adjacent to an activating group) is 1. The van der Waals surface area contributed by atoms with E-state index in [0.717, 1.165) is 36.2 Å². The van der Waals surface area contributed by atoms with Crippen molar-refractivity contribution in [2.45, 2.75) is 13.3 Å². The third-order valence-electron chi connectivity index (χ3n) is 3.18.